The standard InChI is InChI=1S/C19H29N3O2/c1-23-19-7-6-16(24-13-14-4-5-14)11-17(19)22(10-8-19)12-15-3-2-9-21-18(15)20/h2-3,9,14,16-17H,4-8,10-13H2,1H3,(H2,20,21)/t16-,17-,19+/m0/s1. The molecular formula is C19H29N3O2. The molecule has 2 heterocycles. The summed E-state index contributed by atoms with van der Waals surface area (Å²) in [6, 6.07) is 4.47. The van der Waals surface area contributed by atoms with Crippen molar-refractivity contribution in [1.29, 1.82) is 0 Å². The van der Waals surface area contributed by atoms with Gasteiger partial charge >= 0.3 is 0 Å². The third kappa shape index (κ3) is 3.17. The van der Waals surface area contributed by atoms with Crippen LogP contribution in [0.15, 0.2) is 18.3 Å². The molecule has 24 heavy (non-hydrogen) atoms. The molecule has 4 rings (SSSR count). The Kier molecular flexibility index (Phi) is 4.50. The first-order valence-corrected chi connectivity index (χ1v) is 9.30. The summed E-state index contributed by atoms with van der Waals surface area (Å²) in [5.74, 6) is 1.47. The van der Waals surface area contributed by atoms with Crippen LogP contribution < -0.4 is 5.73 Å². The van der Waals surface area contributed by atoms with Crippen molar-refractivity contribution in [3.63, 3.8) is 0 Å². The number of aromatic nitrogens is 1. The van der Waals surface area contributed by atoms with E-state index in [0.29, 0.717) is 18.0 Å². The number of anilines is 1. The van der Waals surface area contributed by atoms with Gasteiger partial charge in [-0.15, -0.1) is 0 Å². The summed E-state index contributed by atoms with van der Waals surface area (Å²) in [6.45, 7) is 2.86. The van der Waals surface area contributed by atoms with Gasteiger partial charge in [-0.25, -0.2) is 4.98 Å². The predicted molar refractivity (Wildman–Crippen MR) is 93.5 cm³/mol. The Labute approximate surface area is 144 Å². The van der Waals surface area contributed by atoms with Gasteiger partial charge in [0.05, 0.1) is 11.7 Å². The van der Waals surface area contributed by atoms with Gasteiger partial charge in [0.15, 0.2) is 0 Å². The van der Waals surface area contributed by atoms with Crippen molar-refractivity contribution < 1.29 is 9.47 Å². The number of nitrogens with zero attached hydrogens (tertiary/aromatic N) is 2. The summed E-state index contributed by atoms with van der Waals surface area (Å²) in [5.41, 5.74) is 7.17. The number of fused-ring (bicyclic) bond motifs is 1. The SMILES string of the molecule is CO[C@@]12CC[C@H](OCC3CC3)C[C@@H]1N(Cc1cccnc1N)CC2. The van der Waals surface area contributed by atoms with E-state index in [1.807, 2.05) is 13.2 Å². The lowest BCUT2D eigenvalue weighted by Gasteiger charge is -2.43. The number of pyridine rings is 1. The number of hydrogen-bond acceptors (Lipinski definition) is 5. The van der Waals surface area contributed by atoms with Crippen molar-refractivity contribution in [3.8, 4) is 0 Å². The Morgan fingerprint density at radius 3 is 2.96 bits per heavy atom. The molecule has 0 unspecified atom stereocenters. The summed E-state index contributed by atoms with van der Waals surface area (Å²) in [6.07, 6.45) is 9.23. The molecule has 1 aromatic rings. The van der Waals surface area contributed by atoms with Crippen molar-refractivity contribution in [2.75, 3.05) is 26.0 Å². The second kappa shape index (κ2) is 6.62. The molecule has 5 nitrogen and oxygen atoms in total. The molecule has 0 amide bonds. The molecule has 1 aliphatic heterocycles. The van der Waals surface area contributed by atoms with Gasteiger partial charge < -0.3 is 15.2 Å². The van der Waals surface area contributed by atoms with Crippen molar-refractivity contribution in [2.24, 2.45) is 5.92 Å². The third-order valence-corrected chi connectivity index (χ3v) is 6.22. The minimum absolute atomic E-state index is 0.00356. The van der Waals surface area contributed by atoms with Crippen molar-refractivity contribution in [1.82, 2.24) is 9.88 Å². The molecule has 2 N–H and O–H groups in total. The van der Waals surface area contributed by atoms with Crippen LogP contribution in [-0.2, 0) is 16.0 Å². The van der Waals surface area contributed by atoms with Gasteiger partial charge in [0.25, 0.3) is 0 Å². The lowest BCUT2D eigenvalue weighted by Crippen LogP contribution is -2.51. The van der Waals surface area contributed by atoms with Crippen LogP contribution in [0.3, 0.4) is 0 Å². The van der Waals surface area contributed by atoms with Gasteiger partial charge in [-0.3, -0.25) is 4.90 Å². The Balaban J connectivity index is 1.45. The Morgan fingerprint density at radius 1 is 1.33 bits per heavy atom. The zero-order valence-electron chi connectivity index (χ0n) is 14.6. The van der Waals surface area contributed by atoms with Gasteiger partial charge in [-0.1, -0.05) is 6.07 Å². The first-order valence-electron chi connectivity index (χ1n) is 9.30. The highest BCUT2D eigenvalue weighted by Crippen LogP contribution is 2.44. The van der Waals surface area contributed by atoms with Gasteiger partial charge in [-0.2, -0.15) is 0 Å². The largest absolute Gasteiger partial charge is 0.383 e. The smallest absolute Gasteiger partial charge is 0.127 e. The van der Waals surface area contributed by atoms with Crippen LogP contribution in [-0.4, -0.2) is 47.9 Å². The average Bonchev–Trinajstić information content (AvgIpc) is 3.37. The topological polar surface area (TPSA) is 60.6 Å². The predicted octanol–water partition coefficient (Wildman–Crippen LogP) is 2.60. The Hall–Kier alpha value is -1.17. The van der Waals surface area contributed by atoms with Crippen molar-refractivity contribution in [2.45, 2.75) is 62.8 Å². The zero-order chi connectivity index (χ0) is 16.6. The van der Waals surface area contributed by atoms with Crippen LogP contribution in [0, 0.1) is 5.92 Å². The number of rotatable bonds is 6. The number of hydrogen-bond donors (Lipinski definition) is 1. The second-order valence-electron chi connectivity index (χ2n) is 7.73. The molecule has 1 aromatic heterocycles. The molecule has 3 atom stereocenters. The van der Waals surface area contributed by atoms with E-state index >= 15 is 0 Å². The van der Waals surface area contributed by atoms with Crippen molar-refractivity contribution in [3.05, 3.63) is 23.9 Å². The van der Waals surface area contributed by atoms with E-state index in [1.165, 1.54) is 12.8 Å². The van der Waals surface area contributed by atoms with Crippen LogP contribution in [0.1, 0.15) is 44.1 Å². The molecular weight excluding hydrogens is 302 g/mol. The van der Waals surface area contributed by atoms with E-state index < -0.39 is 0 Å². The molecule has 0 spiro atoms. The van der Waals surface area contributed by atoms with E-state index in [0.717, 1.165) is 56.9 Å². The maximum absolute atomic E-state index is 6.21. The van der Waals surface area contributed by atoms with E-state index in [1.54, 1.807) is 6.20 Å². The third-order valence-electron chi connectivity index (χ3n) is 6.22. The fourth-order valence-electron chi connectivity index (χ4n) is 4.46. The maximum atomic E-state index is 6.21. The molecule has 2 aliphatic carbocycles. The summed E-state index contributed by atoms with van der Waals surface area (Å²) in [4.78, 5) is 6.76. The Bertz CT molecular complexity index is 577. The van der Waals surface area contributed by atoms with Gasteiger partial charge in [0.1, 0.15) is 5.82 Å². The summed E-state index contributed by atoms with van der Waals surface area (Å²) >= 11 is 0. The number of ether oxygens (including phenoxy) is 2. The molecule has 0 radical (unpaired) electrons. The highest BCUT2D eigenvalue weighted by molar-refractivity contribution is 5.38. The van der Waals surface area contributed by atoms with E-state index in [2.05, 4.69) is 16.0 Å². The minimum Gasteiger partial charge on any atom is -0.383 e. The first-order chi connectivity index (χ1) is 11.7. The molecule has 1 saturated heterocycles. The van der Waals surface area contributed by atoms with E-state index in [9.17, 15) is 0 Å². The van der Waals surface area contributed by atoms with E-state index in [-0.39, 0.29) is 5.60 Å². The minimum atomic E-state index is -0.00356. The number of likely N-dealkylation sites (tertiary alicyclic amines) is 1. The lowest BCUT2D eigenvalue weighted by molar-refractivity contribution is -0.103. The fraction of sp³-hybridized carbons (Fsp3) is 0.737. The van der Waals surface area contributed by atoms with Crippen LogP contribution in [0.5, 0.6) is 0 Å². The summed E-state index contributed by atoms with van der Waals surface area (Å²) in [5, 5.41) is 0. The molecule has 3 aliphatic rings. The molecule has 2 saturated carbocycles. The Morgan fingerprint density at radius 2 is 2.21 bits per heavy atom. The monoisotopic (exact) mass is 331 g/mol. The normalized spacial score (nSPS) is 33.5. The maximum Gasteiger partial charge on any atom is 0.127 e. The fourth-order valence-corrected chi connectivity index (χ4v) is 4.46. The summed E-state index contributed by atoms with van der Waals surface area (Å²) in [7, 11) is 1.88. The van der Waals surface area contributed by atoms with Crippen LogP contribution in [0.2, 0.25) is 0 Å². The first kappa shape index (κ1) is 16.3. The average molecular weight is 331 g/mol. The molecule has 3 fully saturated rings. The molecule has 0 bridgehead atoms. The summed E-state index contributed by atoms with van der Waals surface area (Å²) < 4.78 is 12.3. The van der Waals surface area contributed by atoms with Gasteiger partial charge in [0.2, 0.25) is 0 Å². The van der Waals surface area contributed by atoms with Crippen molar-refractivity contribution >= 4 is 5.82 Å². The molecule has 5 heteroatoms. The highest BCUT2D eigenvalue weighted by atomic mass is 16.5. The number of nitrogen functional groups attached to an aromatic ring is 1. The van der Waals surface area contributed by atoms with Crippen LogP contribution in [0.4, 0.5) is 5.82 Å². The van der Waals surface area contributed by atoms with E-state index in [4.69, 9.17) is 15.2 Å². The van der Waals surface area contributed by atoms with Gasteiger partial charge in [0, 0.05) is 44.6 Å². The zero-order valence-corrected chi connectivity index (χ0v) is 14.6. The second-order valence-corrected chi connectivity index (χ2v) is 7.73. The number of methoxy groups -OCH3 is 1. The lowest BCUT2D eigenvalue weighted by atomic mass is 9.79. The van der Waals surface area contributed by atoms with Gasteiger partial charge in [-0.05, 0) is 50.5 Å². The number of nitrogens with two attached hydrogens (primary N) is 1. The van der Waals surface area contributed by atoms with Crippen LogP contribution in [0.25, 0.3) is 0 Å². The molecule has 132 valence electrons. The van der Waals surface area contributed by atoms with Crippen LogP contribution >= 0.6 is 0 Å². The molecule has 0 aromatic carbocycles. The highest BCUT2D eigenvalue weighted by Gasteiger charge is 2.51. The quantitative estimate of drug-likeness (QED) is 0.868.